The first-order valence-corrected chi connectivity index (χ1v) is 11.8. The van der Waals surface area contributed by atoms with Gasteiger partial charge in [0.15, 0.2) is 6.61 Å². The standard InChI is InChI=1S/C26H21Br2N3O3/c1-16-8-9-23(17(2)10-16)31-24(32)15-34-25-18(12-20(27)13-22(25)28)11-19(14-29)26(33)30-21-6-4-3-5-7-21/h3-13H,15H2,1-2H3,(H,30,33)(H,31,32)/b19-11+. The highest BCUT2D eigenvalue weighted by Gasteiger charge is 2.16. The number of para-hydroxylation sites is 1. The summed E-state index contributed by atoms with van der Waals surface area (Å²) in [7, 11) is 0. The maximum Gasteiger partial charge on any atom is 0.266 e. The quantitative estimate of drug-likeness (QED) is 0.249. The predicted molar refractivity (Wildman–Crippen MR) is 141 cm³/mol. The van der Waals surface area contributed by atoms with Crippen molar-refractivity contribution in [1.29, 1.82) is 5.26 Å². The fourth-order valence-corrected chi connectivity index (χ4v) is 4.51. The third-order valence-electron chi connectivity index (χ3n) is 4.74. The summed E-state index contributed by atoms with van der Waals surface area (Å²) in [5.41, 5.74) is 3.68. The Bertz CT molecular complexity index is 1300. The summed E-state index contributed by atoms with van der Waals surface area (Å²) in [4.78, 5) is 25.1. The van der Waals surface area contributed by atoms with E-state index >= 15 is 0 Å². The van der Waals surface area contributed by atoms with Crippen LogP contribution in [0.3, 0.4) is 0 Å². The molecule has 0 aromatic heterocycles. The molecule has 6 nitrogen and oxygen atoms in total. The number of rotatable bonds is 7. The third-order valence-corrected chi connectivity index (χ3v) is 5.78. The van der Waals surface area contributed by atoms with Gasteiger partial charge < -0.3 is 15.4 Å². The summed E-state index contributed by atoms with van der Waals surface area (Å²) in [6.07, 6.45) is 1.42. The van der Waals surface area contributed by atoms with Crippen LogP contribution in [-0.4, -0.2) is 18.4 Å². The summed E-state index contributed by atoms with van der Waals surface area (Å²) < 4.78 is 7.07. The third kappa shape index (κ3) is 6.80. The molecule has 0 fully saturated rings. The number of hydrogen-bond donors (Lipinski definition) is 2. The molecule has 0 saturated heterocycles. The Balaban J connectivity index is 1.80. The molecule has 0 unspecified atom stereocenters. The number of ether oxygens (including phenoxy) is 1. The van der Waals surface area contributed by atoms with Gasteiger partial charge >= 0.3 is 0 Å². The number of hydrogen-bond acceptors (Lipinski definition) is 4. The van der Waals surface area contributed by atoms with E-state index in [-0.39, 0.29) is 18.1 Å². The molecule has 0 saturated carbocycles. The minimum atomic E-state index is -0.552. The molecule has 0 radical (unpaired) electrons. The van der Waals surface area contributed by atoms with Gasteiger partial charge in [-0.1, -0.05) is 51.8 Å². The van der Waals surface area contributed by atoms with Crippen molar-refractivity contribution in [3.05, 3.63) is 91.9 Å². The zero-order valence-corrected chi connectivity index (χ0v) is 21.7. The molecule has 172 valence electrons. The van der Waals surface area contributed by atoms with E-state index in [9.17, 15) is 14.9 Å². The number of nitrogens with one attached hydrogen (secondary N) is 2. The van der Waals surface area contributed by atoms with E-state index in [2.05, 4.69) is 42.5 Å². The first-order chi connectivity index (χ1) is 16.3. The van der Waals surface area contributed by atoms with E-state index in [1.165, 1.54) is 6.08 Å². The summed E-state index contributed by atoms with van der Waals surface area (Å²) in [6.45, 7) is 3.64. The van der Waals surface area contributed by atoms with Gasteiger partial charge in [-0.2, -0.15) is 5.26 Å². The minimum Gasteiger partial charge on any atom is -0.482 e. The van der Waals surface area contributed by atoms with Crippen LogP contribution in [0.2, 0.25) is 0 Å². The molecule has 3 aromatic carbocycles. The Hall–Kier alpha value is -3.41. The topological polar surface area (TPSA) is 91.2 Å². The van der Waals surface area contributed by atoms with Crippen molar-refractivity contribution in [3.63, 3.8) is 0 Å². The number of amides is 2. The molecule has 0 atom stereocenters. The van der Waals surface area contributed by atoms with Gasteiger partial charge in [0.25, 0.3) is 11.8 Å². The fourth-order valence-electron chi connectivity index (χ4n) is 3.14. The predicted octanol–water partition coefficient (Wildman–Crippen LogP) is 6.39. The maximum absolute atomic E-state index is 12.6. The number of carbonyl (C=O) groups excluding carboxylic acids is 2. The Morgan fingerprint density at radius 3 is 2.44 bits per heavy atom. The van der Waals surface area contributed by atoms with Crippen LogP contribution in [0.15, 0.2) is 75.2 Å². The molecule has 2 amide bonds. The zero-order chi connectivity index (χ0) is 24.7. The molecule has 0 aliphatic carbocycles. The van der Waals surface area contributed by atoms with Gasteiger partial charge in [0.1, 0.15) is 17.4 Å². The van der Waals surface area contributed by atoms with Crippen molar-refractivity contribution in [2.75, 3.05) is 17.2 Å². The Morgan fingerprint density at radius 2 is 1.76 bits per heavy atom. The SMILES string of the molecule is Cc1ccc(NC(=O)COc2c(Br)cc(Br)cc2/C=C(\C#N)C(=O)Nc2ccccc2)c(C)c1. The van der Waals surface area contributed by atoms with Gasteiger partial charge in [-0.05, 0) is 71.7 Å². The first kappa shape index (κ1) is 25.2. The lowest BCUT2D eigenvalue weighted by Crippen LogP contribution is -2.21. The normalized spacial score (nSPS) is 10.9. The van der Waals surface area contributed by atoms with Crippen LogP contribution in [0.5, 0.6) is 5.75 Å². The van der Waals surface area contributed by atoms with Crippen molar-refractivity contribution in [2.45, 2.75) is 13.8 Å². The number of aryl methyl sites for hydroxylation is 2. The van der Waals surface area contributed by atoms with Crippen molar-refractivity contribution in [2.24, 2.45) is 0 Å². The molecule has 0 heterocycles. The van der Waals surface area contributed by atoms with Crippen LogP contribution in [0.25, 0.3) is 6.08 Å². The lowest BCUT2D eigenvalue weighted by Gasteiger charge is -2.14. The first-order valence-electron chi connectivity index (χ1n) is 10.2. The molecule has 0 aliphatic heterocycles. The van der Waals surface area contributed by atoms with Crippen LogP contribution in [-0.2, 0) is 9.59 Å². The lowest BCUT2D eigenvalue weighted by molar-refractivity contribution is -0.118. The van der Waals surface area contributed by atoms with Crippen molar-refractivity contribution < 1.29 is 14.3 Å². The van der Waals surface area contributed by atoms with Crippen molar-refractivity contribution in [3.8, 4) is 11.8 Å². The molecule has 3 rings (SSSR count). The Kier molecular flexibility index (Phi) is 8.63. The van der Waals surface area contributed by atoms with Crippen molar-refractivity contribution >= 4 is 61.1 Å². The smallest absolute Gasteiger partial charge is 0.266 e. The van der Waals surface area contributed by atoms with Gasteiger partial charge in [0.05, 0.1) is 4.47 Å². The zero-order valence-electron chi connectivity index (χ0n) is 18.5. The van der Waals surface area contributed by atoms with Crippen LogP contribution in [0, 0.1) is 25.2 Å². The number of benzene rings is 3. The summed E-state index contributed by atoms with van der Waals surface area (Å²) in [5, 5.41) is 15.1. The molecule has 2 N–H and O–H groups in total. The Labute approximate surface area is 214 Å². The molecule has 3 aromatic rings. The molecule has 0 spiro atoms. The highest BCUT2D eigenvalue weighted by Crippen LogP contribution is 2.34. The van der Waals surface area contributed by atoms with Crippen LogP contribution < -0.4 is 15.4 Å². The van der Waals surface area contributed by atoms with E-state index in [4.69, 9.17) is 4.74 Å². The second-order valence-corrected chi connectivity index (χ2v) is 9.22. The number of nitrogens with zero attached hydrogens (tertiary/aromatic N) is 1. The van der Waals surface area contributed by atoms with Gasteiger partial charge in [0, 0.05) is 21.4 Å². The molecule has 34 heavy (non-hydrogen) atoms. The van der Waals surface area contributed by atoms with Crippen molar-refractivity contribution in [1.82, 2.24) is 0 Å². The van der Waals surface area contributed by atoms with Gasteiger partial charge in [-0.25, -0.2) is 0 Å². The van der Waals surface area contributed by atoms with Gasteiger partial charge in [0.2, 0.25) is 0 Å². The van der Waals surface area contributed by atoms with Crippen LogP contribution in [0.1, 0.15) is 16.7 Å². The second kappa shape index (κ2) is 11.6. The van der Waals surface area contributed by atoms with Gasteiger partial charge in [-0.3, -0.25) is 9.59 Å². The largest absolute Gasteiger partial charge is 0.482 e. The van der Waals surface area contributed by atoms with Gasteiger partial charge in [-0.15, -0.1) is 0 Å². The highest BCUT2D eigenvalue weighted by atomic mass is 79.9. The monoisotopic (exact) mass is 581 g/mol. The minimum absolute atomic E-state index is 0.113. The summed E-state index contributed by atoms with van der Waals surface area (Å²) >= 11 is 6.85. The van der Waals surface area contributed by atoms with E-state index in [0.29, 0.717) is 31.6 Å². The number of anilines is 2. The average Bonchev–Trinajstić information content (AvgIpc) is 2.79. The highest BCUT2D eigenvalue weighted by molar-refractivity contribution is 9.11. The summed E-state index contributed by atoms with van der Waals surface area (Å²) in [6, 6.07) is 20.0. The van der Waals surface area contributed by atoms with Crippen LogP contribution in [0.4, 0.5) is 11.4 Å². The molecule has 8 heteroatoms. The molecular weight excluding hydrogens is 562 g/mol. The van der Waals surface area contributed by atoms with E-state index in [0.717, 1.165) is 11.1 Å². The average molecular weight is 583 g/mol. The second-order valence-electron chi connectivity index (χ2n) is 7.45. The number of halogens is 2. The Morgan fingerprint density at radius 1 is 1.03 bits per heavy atom. The molecular formula is C26H21Br2N3O3. The fraction of sp³-hybridized carbons (Fsp3) is 0.115. The molecule has 0 aliphatic rings. The summed E-state index contributed by atoms with van der Waals surface area (Å²) in [5.74, 6) is -0.554. The number of nitriles is 1. The lowest BCUT2D eigenvalue weighted by atomic mass is 10.1. The van der Waals surface area contributed by atoms with E-state index in [1.807, 2.05) is 44.2 Å². The van der Waals surface area contributed by atoms with E-state index < -0.39 is 5.91 Å². The molecule has 0 bridgehead atoms. The van der Waals surface area contributed by atoms with E-state index in [1.54, 1.807) is 36.4 Å². The maximum atomic E-state index is 12.6. The number of carbonyl (C=O) groups is 2. The van der Waals surface area contributed by atoms with Crippen LogP contribution >= 0.6 is 31.9 Å².